The molecule has 6 heteroatoms. The largest absolute Gasteiger partial charge is 0.379 e. The van der Waals surface area contributed by atoms with Gasteiger partial charge in [-0.2, -0.15) is 0 Å². The highest BCUT2D eigenvalue weighted by Gasteiger charge is 2.23. The predicted octanol–water partition coefficient (Wildman–Crippen LogP) is 3.86. The summed E-state index contributed by atoms with van der Waals surface area (Å²) in [5, 5.41) is 2.99. The van der Waals surface area contributed by atoms with Crippen LogP contribution in [0.15, 0.2) is 78.9 Å². The molecule has 0 aromatic heterocycles. The van der Waals surface area contributed by atoms with Gasteiger partial charge >= 0.3 is 0 Å². The quantitative estimate of drug-likeness (QED) is 0.576. The van der Waals surface area contributed by atoms with Crippen molar-refractivity contribution in [1.82, 2.24) is 10.2 Å². The number of carbonyl (C=O) groups excluding carboxylic acids is 2. The highest BCUT2D eigenvalue weighted by Crippen LogP contribution is 2.22. The fourth-order valence-corrected chi connectivity index (χ4v) is 3.85. The van der Waals surface area contributed by atoms with E-state index in [1.54, 1.807) is 48.5 Å². The fourth-order valence-electron chi connectivity index (χ4n) is 3.85. The molecule has 5 nitrogen and oxygen atoms in total. The van der Waals surface area contributed by atoms with Gasteiger partial charge in [0.15, 0.2) is 5.78 Å². The zero-order valence-corrected chi connectivity index (χ0v) is 17.7. The second-order valence-corrected chi connectivity index (χ2v) is 7.70. The first-order valence-corrected chi connectivity index (χ1v) is 10.7. The van der Waals surface area contributed by atoms with Crippen molar-refractivity contribution in [1.29, 1.82) is 0 Å². The van der Waals surface area contributed by atoms with Gasteiger partial charge in [0, 0.05) is 36.3 Å². The molecule has 1 saturated heterocycles. The van der Waals surface area contributed by atoms with Crippen molar-refractivity contribution in [2.45, 2.75) is 6.04 Å². The summed E-state index contributed by atoms with van der Waals surface area (Å²) >= 11 is 0. The third kappa shape index (κ3) is 5.28. The van der Waals surface area contributed by atoms with Crippen LogP contribution in [-0.2, 0) is 4.74 Å². The topological polar surface area (TPSA) is 58.6 Å². The van der Waals surface area contributed by atoms with E-state index in [1.807, 2.05) is 18.2 Å². The smallest absolute Gasteiger partial charge is 0.251 e. The molecule has 0 aliphatic carbocycles. The van der Waals surface area contributed by atoms with Crippen molar-refractivity contribution >= 4 is 11.7 Å². The molecule has 0 saturated carbocycles. The van der Waals surface area contributed by atoms with Crippen LogP contribution >= 0.6 is 0 Å². The van der Waals surface area contributed by atoms with Crippen molar-refractivity contribution in [2.24, 2.45) is 0 Å². The van der Waals surface area contributed by atoms with Crippen LogP contribution in [0.3, 0.4) is 0 Å². The zero-order chi connectivity index (χ0) is 22.3. The zero-order valence-electron chi connectivity index (χ0n) is 17.7. The van der Waals surface area contributed by atoms with E-state index >= 15 is 0 Å². The van der Waals surface area contributed by atoms with Crippen LogP contribution in [0.4, 0.5) is 4.39 Å². The van der Waals surface area contributed by atoms with Crippen LogP contribution in [-0.4, -0.2) is 49.4 Å². The maximum atomic E-state index is 13.4. The van der Waals surface area contributed by atoms with Gasteiger partial charge in [-0.05, 0) is 29.8 Å². The molecule has 32 heavy (non-hydrogen) atoms. The van der Waals surface area contributed by atoms with E-state index < -0.39 is 0 Å². The number of ether oxygens (including phenoxy) is 1. The van der Waals surface area contributed by atoms with E-state index in [0.717, 1.165) is 18.7 Å². The summed E-state index contributed by atoms with van der Waals surface area (Å²) in [7, 11) is 0. The number of nitrogens with zero attached hydrogens (tertiary/aromatic N) is 1. The van der Waals surface area contributed by atoms with E-state index in [1.165, 1.54) is 12.1 Å². The maximum absolute atomic E-state index is 13.4. The van der Waals surface area contributed by atoms with Gasteiger partial charge < -0.3 is 10.1 Å². The lowest BCUT2D eigenvalue weighted by molar-refractivity contribution is 0.0162. The Morgan fingerprint density at radius 3 is 2.09 bits per heavy atom. The Morgan fingerprint density at radius 2 is 1.44 bits per heavy atom. The van der Waals surface area contributed by atoms with E-state index in [9.17, 15) is 14.0 Å². The van der Waals surface area contributed by atoms with E-state index in [4.69, 9.17) is 4.74 Å². The van der Waals surface area contributed by atoms with Gasteiger partial charge in [0.1, 0.15) is 5.82 Å². The minimum atomic E-state index is -0.288. The van der Waals surface area contributed by atoms with Crippen LogP contribution in [0, 0.1) is 5.82 Å². The Kier molecular flexibility index (Phi) is 7.04. The summed E-state index contributed by atoms with van der Waals surface area (Å²) in [6.07, 6.45) is 0. The maximum Gasteiger partial charge on any atom is 0.251 e. The summed E-state index contributed by atoms with van der Waals surface area (Å²) in [4.78, 5) is 27.6. The number of carbonyl (C=O) groups is 2. The normalized spacial score (nSPS) is 15.2. The Bertz CT molecular complexity index is 1050. The molecule has 1 atom stereocenters. The molecule has 0 bridgehead atoms. The molecule has 1 N–H and O–H groups in total. The third-order valence-electron chi connectivity index (χ3n) is 5.64. The Hall–Kier alpha value is -3.35. The van der Waals surface area contributed by atoms with E-state index in [0.29, 0.717) is 36.4 Å². The van der Waals surface area contributed by atoms with Crippen LogP contribution in [0.1, 0.15) is 37.9 Å². The number of halogens is 1. The second kappa shape index (κ2) is 10.3. The standard InChI is InChI=1S/C26H25FN2O3/c27-23-12-10-19(11-13-23)24(29-14-16-32-17-15-29)18-28-26(31)22-8-6-21(7-9-22)25(30)20-4-2-1-3-5-20/h1-13,24H,14-18H2,(H,28,31)/t24-/m1/s1. The minimum absolute atomic E-state index is 0.0811. The minimum Gasteiger partial charge on any atom is -0.379 e. The molecule has 1 fully saturated rings. The van der Waals surface area contributed by atoms with Crippen molar-refractivity contribution in [3.05, 3.63) is 107 Å². The summed E-state index contributed by atoms with van der Waals surface area (Å²) < 4.78 is 18.8. The van der Waals surface area contributed by atoms with Crippen LogP contribution in [0.5, 0.6) is 0 Å². The van der Waals surface area contributed by atoms with Gasteiger partial charge in [-0.15, -0.1) is 0 Å². The summed E-state index contributed by atoms with van der Waals surface area (Å²) in [5.41, 5.74) is 2.56. The molecule has 1 aliphatic heterocycles. The average molecular weight is 432 g/mol. The third-order valence-corrected chi connectivity index (χ3v) is 5.64. The summed E-state index contributed by atoms with van der Waals surface area (Å²) in [5.74, 6) is -0.589. The van der Waals surface area contributed by atoms with Crippen molar-refractivity contribution in [3.8, 4) is 0 Å². The number of morpholine rings is 1. The highest BCUT2D eigenvalue weighted by atomic mass is 19.1. The second-order valence-electron chi connectivity index (χ2n) is 7.70. The molecule has 1 amide bonds. The average Bonchev–Trinajstić information content (AvgIpc) is 2.86. The Balaban J connectivity index is 1.43. The number of hydrogen-bond donors (Lipinski definition) is 1. The predicted molar refractivity (Wildman–Crippen MR) is 120 cm³/mol. The van der Waals surface area contributed by atoms with Gasteiger partial charge in [0.05, 0.1) is 19.3 Å². The number of benzene rings is 3. The lowest BCUT2D eigenvalue weighted by Crippen LogP contribution is -2.43. The molecular formula is C26H25FN2O3. The Labute approximate surface area is 186 Å². The van der Waals surface area contributed by atoms with Crippen LogP contribution in [0.25, 0.3) is 0 Å². The fraction of sp³-hybridized carbons (Fsp3) is 0.231. The van der Waals surface area contributed by atoms with Gasteiger partial charge in [-0.1, -0.05) is 54.6 Å². The van der Waals surface area contributed by atoms with Crippen molar-refractivity contribution in [2.75, 3.05) is 32.8 Å². The summed E-state index contributed by atoms with van der Waals surface area (Å²) in [6, 6.07) is 22.0. The highest BCUT2D eigenvalue weighted by molar-refractivity contribution is 6.09. The van der Waals surface area contributed by atoms with E-state index in [-0.39, 0.29) is 23.5 Å². The van der Waals surface area contributed by atoms with Crippen molar-refractivity contribution in [3.63, 3.8) is 0 Å². The molecule has 3 aromatic carbocycles. The SMILES string of the molecule is O=C(NC[C@H](c1ccc(F)cc1)N1CCOCC1)c1ccc(C(=O)c2ccccc2)cc1. The lowest BCUT2D eigenvalue weighted by Gasteiger charge is -2.35. The van der Waals surface area contributed by atoms with Gasteiger partial charge in [0.25, 0.3) is 5.91 Å². The van der Waals surface area contributed by atoms with E-state index in [2.05, 4.69) is 10.2 Å². The number of rotatable bonds is 7. The van der Waals surface area contributed by atoms with Gasteiger partial charge in [-0.25, -0.2) is 4.39 Å². The lowest BCUT2D eigenvalue weighted by atomic mass is 10.0. The molecule has 1 heterocycles. The molecule has 3 aromatic rings. The first-order chi connectivity index (χ1) is 15.6. The molecule has 1 aliphatic rings. The van der Waals surface area contributed by atoms with Crippen LogP contribution in [0.2, 0.25) is 0 Å². The Morgan fingerprint density at radius 1 is 0.844 bits per heavy atom. The van der Waals surface area contributed by atoms with Crippen LogP contribution < -0.4 is 5.32 Å². The van der Waals surface area contributed by atoms with Gasteiger partial charge in [-0.3, -0.25) is 14.5 Å². The molecule has 4 rings (SSSR count). The number of nitrogens with one attached hydrogen (secondary N) is 1. The molecule has 0 spiro atoms. The van der Waals surface area contributed by atoms with Crippen molar-refractivity contribution < 1.29 is 18.7 Å². The molecule has 0 unspecified atom stereocenters. The first kappa shape index (κ1) is 21.9. The summed E-state index contributed by atoms with van der Waals surface area (Å²) in [6.45, 7) is 3.13. The number of ketones is 1. The number of hydrogen-bond acceptors (Lipinski definition) is 4. The molecular weight excluding hydrogens is 407 g/mol. The molecule has 164 valence electrons. The van der Waals surface area contributed by atoms with Gasteiger partial charge in [0.2, 0.25) is 0 Å². The first-order valence-electron chi connectivity index (χ1n) is 10.7. The number of amides is 1. The molecule has 0 radical (unpaired) electrons. The monoisotopic (exact) mass is 432 g/mol.